The lowest BCUT2D eigenvalue weighted by Gasteiger charge is -2.22. The first-order valence-electron chi connectivity index (χ1n) is 5.68. The number of hydrogen-bond donors (Lipinski definition) is 0. The average Bonchev–Trinajstić information content (AvgIpc) is 2.14. The van der Waals surface area contributed by atoms with Gasteiger partial charge >= 0.3 is 0 Å². The van der Waals surface area contributed by atoms with Crippen LogP contribution < -0.4 is 0 Å². The van der Waals surface area contributed by atoms with Crippen LogP contribution in [0.3, 0.4) is 0 Å². The van der Waals surface area contributed by atoms with Crippen LogP contribution in [0.5, 0.6) is 0 Å². The third kappa shape index (κ3) is 4.62. The van der Waals surface area contributed by atoms with E-state index >= 15 is 0 Å². The summed E-state index contributed by atoms with van der Waals surface area (Å²) >= 11 is 3.32. The summed E-state index contributed by atoms with van der Waals surface area (Å²) in [5, 5.41) is 0. The number of hydrogen-bond acceptors (Lipinski definition) is 1. The van der Waals surface area contributed by atoms with Gasteiger partial charge in [-0.25, -0.2) is 4.39 Å². The van der Waals surface area contributed by atoms with Crippen molar-refractivity contribution in [3.8, 4) is 0 Å². The van der Waals surface area contributed by atoms with E-state index in [1.165, 1.54) is 6.07 Å². The topological polar surface area (TPSA) is 3.24 Å². The van der Waals surface area contributed by atoms with Crippen molar-refractivity contribution in [2.24, 2.45) is 5.92 Å². The average molecular weight is 288 g/mol. The normalized spacial score (nSPS) is 11.4. The first-order chi connectivity index (χ1) is 7.51. The van der Waals surface area contributed by atoms with Gasteiger partial charge < -0.3 is 0 Å². The van der Waals surface area contributed by atoms with Gasteiger partial charge in [-0.3, -0.25) is 4.90 Å². The lowest BCUT2D eigenvalue weighted by Crippen LogP contribution is -2.27. The molecule has 0 aliphatic heterocycles. The quantitative estimate of drug-likeness (QED) is 0.789. The minimum Gasteiger partial charge on any atom is -0.299 e. The Morgan fingerprint density at radius 3 is 2.50 bits per heavy atom. The zero-order valence-corrected chi connectivity index (χ0v) is 11.7. The molecule has 90 valence electrons. The van der Waals surface area contributed by atoms with E-state index in [-0.39, 0.29) is 5.82 Å². The van der Waals surface area contributed by atoms with Crippen molar-refractivity contribution in [2.45, 2.75) is 27.3 Å². The van der Waals surface area contributed by atoms with Gasteiger partial charge in [0.2, 0.25) is 0 Å². The molecule has 0 N–H and O–H groups in total. The highest BCUT2D eigenvalue weighted by Crippen LogP contribution is 2.16. The van der Waals surface area contributed by atoms with Crippen LogP contribution in [0.2, 0.25) is 0 Å². The summed E-state index contributed by atoms with van der Waals surface area (Å²) in [5.41, 5.74) is 1.02. The molecule has 0 unspecified atom stereocenters. The number of halogens is 2. The van der Waals surface area contributed by atoms with E-state index in [4.69, 9.17) is 0 Å². The molecule has 0 atom stereocenters. The molecule has 0 aliphatic carbocycles. The predicted molar refractivity (Wildman–Crippen MR) is 69.9 cm³/mol. The van der Waals surface area contributed by atoms with Gasteiger partial charge in [0.05, 0.1) is 0 Å². The van der Waals surface area contributed by atoms with E-state index in [9.17, 15) is 4.39 Å². The van der Waals surface area contributed by atoms with Crippen molar-refractivity contribution in [3.63, 3.8) is 0 Å². The molecule has 0 heterocycles. The van der Waals surface area contributed by atoms with Gasteiger partial charge in [-0.05, 0) is 36.2 Å². The molecule has 0 aromatic heterocycles. The van der Waals surface area contributed by atoms with E-state index in [0.717, 1.165) is 29.7 Å². The molecule has 0 aliphatic rings. The highest BCUT2D eigenvalue weighted by molar-refractivity contribution is 9.10. The van der Waals surface area contributed by atoms with Gasteiger partial charge in [0.25, 0.3) is 0 Å². The summed E-state index contributed by atoms with van der Waals surface area (Å²) in [6.45, 7) is 9.38. The molecule has 1 aromatic rings. The van der Waals surface area contributed by atoms with Crippen LogP contribution in [0, 0.1) is 11.7 Å². The Balaban J connectivity index is 2.69. The van der Waals surface area contributed by atoms with Gasteiger partial charge in [-0.2, -0.15) is 0 Å². The Hall–Kier alpha value is -0.410. The molecule has 3 heteroatoms. The fourth-order valence-corrected chi connectivity index (χ4v) is 2.30. The summed E-state index contributed by atoms with van der Waals surface area (Å²) in [6.07, 6.45) is 0. The molecule has 1 rings (SSSR count). The van der Waals surface area contributed by atoms with Crippen molar-refractivity contribution in [3.05, 3.63) is 34.1 Å². The molecule has 0 radical (unpaired) electrons. The van der Waals surface area contributed by atoms with Crippen LogP contribution in [0.4, 0.5) is 4.39 Å². The molecule has 0 saturated carbocycles. The maximum Gasteiger partial charge on any atom is 0.124 e. The Kier molecular flexibility index (Phi) is 5.42. The molecular weight excluding hydrogens is 269 g/mol. The highest BCUT2D eigenvalue weighted by Gasteiger charge is 2.07. The van der Waals surface area contributed by atoms with Gasteiger partial charge in [0.15, 0.2) is 0 Å². The second kappa shape index (κ2) is 6.36. The van der Waals surface area contributed by atoms with Crippen LogP contribution in [-0.2, 0) is 6.54 Å². The van der Waals surface area contributed by atoms with Gasteiger partial charge in [-0.15, -0.1) is 0 Å². The lowest BCUT2D eigenvalue weighted by atomic mass is 10.1. The summed E-state index contributed by atoms with van der Waals surface area (Å²) in [5.74, 6) is 0.460. The summed E-state index contributed by atoms with van der Waals surface area (Å²) in [6, 6.07) is 5.07. The van der Waals surface area contributed by atoms with Crippen molar-refractivity contribution >= 4 is 15.9 Å². The SMILES string of the molecule is CCN(Cc1cc(F)cc(Br)c1)CC(C)C. The summed E-state index contributed by atoms with van der Waals surface area (Å²) in [7, 11) is 0. The third-order valence-corrected chi connectivity index (χ3v) is 2.86. The first-order valence-corrected chi connectivity index (χ1v) is 6.48. The van der Waals surface area contributed by atoms with Gasteiger partial charge in [0.1, 0.15) is 5.82 Å². The zero-order chi connectivity index (χ0) is 12.1. The van der Waals surface area contributed by atoms with Crippen molar-refractivity contribution < 1.29 is 4.39 Å². The molecule has 0 fully saturated rings. The Bertz CT molecular complexity index is 318. The molecule has 1 nitrogen and oxygen atoms in total. The second-order valence-electron chi connectivity index (χ2n) is 4.50. The molecule has 1 aromatic carbocycles. The Labute approximate surface area is 106 Å². The second-order valence-corrected chi connectivity index (χ2v) is 5.41. The van der Waals surface area contributed by atoms with E-state index in [2.05, 4.69) is 41.6 Å². The molecule has 0 bridgehead atoms. The Morgan fingerprint density at radius 1 is 1.31 bits per heavy atom. The maximum atomic E-state index is 13.2. The Morgan fingerprint density at radius 2 is 2.00 bits per heavy atom. The van der Waals surface area contributed by atoms with Crippen LogP contribution >= 0.6 is 15.9 Å². The molecule has 0 saturated heterocycles. The minimum absolute atomic E-state index is 0.176. The smallest absolute Gasteiger partial charge is 0.124 e. The van der Waals surface area contributed by atoms with E-state index < -0.39 is 0 Å². The third-order valence-electron chi connectivity index (χ3n) is 2.40. The molecule has 0 amide bonds. The maximum absolute atomic E-state index is 13.2. The van der Waals surface area contributed by atoms with E-state index in [1.807, 2.05) is 6.07 Å². The largest absolute Gasteiger partial charge is 0.299 e. The summed E-state index contributed by atoms with van der Waals surface area (Å²) in [4.78, 5) is 2.33. The van der Waals surface area contributed by atoms with Crippen molar-refractivity contribution in [2.75, 3.05) is 13.1 Å². The number of rotatable bonds is 5. The van der Waals surface area contributed by atoms with Gasteiger partial charge in [0, 0.05) is 17.6 Å². The van der Waals surface area contributed by atoms with Crippen LogP contribution in [0.1, 0.15) is 26.3 Å². The van der Waals surface area contributed by atoms with E-state index in [0.29, 0.717) is 5.92 Å². The predicted octanol–water partition coefficient (Wildman–Crippen LogP) is 4.07. The van der Waals surface area contributed by atoms with Crippen LogP contribution in [-0.4, -0.2) is 18.0 Å². The van der Waals surface area contributed by atoms with Crippen LogP contribution in [0.15, 0.2) is 22.7 Å². The van der Waals surface area contributed by atoms with Crippen molar-refractivity contribution in [1.82, 2.24) is 4.90 Å². The lowest BCUT2D eigenvalue weighted by molar-refractivity contribution is 0.248. The van der Waals surface area contributed by atoms with Gasteiger partial charge in [-0.1, -0.05) is 36.7 Å². The monoisotopic (exact) mass is 287 g/mol. The fraction of sp³-hybridized carbons (Fsp3) is 0.538. The van der Waals surface area contributed by atoms with Crippen molar-refractivity contribution in [1.29, 1.82) is 0 Å². The minimum atomic E-state index is -0.176. The fourth-order valence-electron chi connectivity index (χ4n) is 1.78. The standard InChI is InChI=1S/C13H19BrFN/c1-4-16(8-10(2)3)9-11-5-12(14)7-13(15)6-11/h5-7,10H,4,8-9H2,1-3H3. The van der Waals surface area contributed by atoms with Crippen LogP contribution in [0.25, 0.3) is 0 Å². The number of nitrogens with zero attached hydrogens (tertiary/aromatic N) is 1. The highest BCUT2D eigenvalue weighted by atomic mass is 79.9. The zero-order valence-electron chi connectivity index (χ0n) is 10.1. The van der Waals surface area contributed by atoms with E-state index in [1.54, 1.807) is 6.07 Å². The number of benzene rings is 1. The summed E-state index contributed by atoms with van der Waals surface area (Å²) < 4.78 is 14.0. The molecule has 16 heavy (non-hydrogen) atoms. The first kappa shape index (κ1) is 13.7. The molecular formula is C13H19BrFN. The molecule has 0 spiro atoms.